The molecule has 6 heteroatoms. The number of hydrogen-bond acceptors (Lipinski definition) is 4. The number of amides is 1. The van der Waals surface area contributed by atoms with Crippen molar-refractivity contribution in [2.45, 2.75) is 56.7 Å². The van der Waals surface area contributed by atoms with E-state index in [2.05, 4.69) is 16.8 Å². The molecule has 2 heterocycles. The summed E-state index contributed by atoms with van der Waals surface area (Å²) in [5.74, 6) is -1.00. The third kappa shape index (κ3) is 2.86. The van der Waals surface area contributed by atoms with Crippen molar-refractivity contribution in [1.82, 2.24) is 15.3 Å². The summed E-state index contributed by atoms with van der Waals surface area (Å²) in [5.41, 5.74) is 3.73. The van der Waals surface area contributed by atoms with Crippen molar-refractivity contribution in [2.75, 3.05) is 20.1 Å². The highest BCUT2D eigenvalue weighted by Crippen LogP contribution is 2.44. The Morgan fingerprint density at radius 2 is 2.20 bits per heavy atom. The molecule has 2 aliphatic heterocycles. The predicted molar refractivity (Wildman–Crippen MR) is 92.0 cm³/mol. The average molecular weight is 347 g/mol. The maximum absolute atomic E-state index is 14.5. The second kappa shape index (κ2) is 6.34. The number of carbonyl (C=O) groups is 1. The molecule has 136 valence electrons. The minimum Gasteiger partial charge on any atom is -0.301 e. The third-order valence-electron chi connectivity index (χ3n) is 6.70. The lowest BCUT2D eigenvalue weighted by Crippen LogP contribution is -2.43. The molecule has 1 amide bonds. The van der Waals surface area contributed by atoms with E-state index >= 15 is 0 Å². The fourth-order valence-corrected chi connectivity index (χ4v) is 5.18. The monoisotopic (exact) mass is 347 g/mol. The molecule has 1 saturated heterocycles. The highest BCUT2D eigenvalue weighted by Gasteiger charge is 2.46. The van der Waals surface area contributed by atoms with Gasteiger partial charge in [0.1, 0.15) is 5.82 Å². The van der Waals surface area contributed by atoms with Crippen LogP contribution in [0.15, 0.2) is 12.1 Å². The average Bonchev–Trinajstić information content (AvgIpc) is 3.21. The molecule has 2 N–H and O–H groups in total. The molecule has 1 aromatic rings. The quantitative estimate of drug-likeness (QED) is 0.637. The van der Waals surface area contributed by atoms with Crippen LogP contribution in [0, 0.1) is 5.82 Å². The van der Waals surface area contributed by atoms with Crippen LogP contribution >= 0.6 is 0 Å². The van der Waals surface area contributed by atoms with Crippen LogP contribution in [0.4, 0.5) is 4.39 Å². The van der Waals surface area contributed by atoms with Crippen LogP contribution in [-0.4, -0.2) is 52.6 Å². The lowest BCUT2D eigenvalue weighted by atomic mass is 9.92. The molecule has 4 rings (SSSR count). The zero-order valence-corrected chi connectivity index (χ0v) is 14.7. The normalized spacial score (nSPS) is 30.0. The van der Waals surface area contributed by atoms with Gasteiger partial charge in [-0.25, -0.2) is 9.87 Å². The standard InChI is InChI=1S/C19H26FN3O2/c1-22-7-2-5-19(22)6-3-15(11-19)23-8-4-13-9-14(18(24)21-25)10-17(20)16(13)12-23/h9-10,15,25H,2-8,11-12H2,1H3,(H,21,24)/t15-,19-/m1/s1. The Morgan fingerprint density at radius 3 is 2.92 bits per heavy atom. The first-order valence-corrected chi connectivity index (χ1v) is 9.23. The van der Waals surface area contributed by atoms with Crippen molar-refractivity contribution in [1.29, 1.82) is 0 Å². The number of benzene rings is 1. The van der Waals surface area contributed by atoms with Crippen LogP contribution in [-0.2, 0) is 13.0 Å². The molecule has 1 aliphatic carbocycles. The SMILES string of the molecule is CN1CCC[C@]12CC[C@@H](N1CCc3cc(C(=O)NO)cc(F)c3C1)C2. The second-order valence-electron chi connectivity index (χ2n) is 7.90. The summed E-state index contributed by atoms with van der Waals surface area (Å²) >= 11 is 0. The highest BCUT2D eigenvalue weighted by atomic mass is 19.1. The first-order chi connectivity index (χ1) is 12.0. The van der Waals surface area contributed by atoms with Gasteiger partial charge in [0.25, 0.3) is 5.91 Å². The summed E-state index contributed by atoms with van der Waals surface area (Å²) in [6.07, 6.45) is 6.94. The summed E-state index contributed by atoms with van der Waals surface area (Å²) in [6, 6.07) is 3.46. The van der Waals surface area contributed by atoms with E-state index in [1.807, 2.05) is 0 Å². The van der Waals surface area contributed by atoms with Crippen LogP contribution < -0.4 is 5.48 Å². The molecule has 1 saturated carbocycles. The number of halogens is 1. The van der Waals surface area contributed by atoms with Crippen LogP contribution in [0.5, 0.6) is 0 Å². The van der Waals surface area contributed by atoms with Crippen molar-refractivity contribution in [3.8, 4) is 0 Å². The van der Waals surface area contributed by atoms with E-state index in [-0.39, 0.29) is 11.4 Å². The highest BCUT2D eigenvalue weighted by molar-refractivity contribution is 5.93. The molecule has 1 spiro atoms. The van der Waals surface area contributed by atoms with Crippen LogP contribution in [0.25, 0.3) is 0 Å². The van der Waals surface area contributed by atoms with Crippen LogP contribution in [0.1, 0.15) is 53.6 Å². The number of likely N-dealkylation sites (tertiary alicyclic amines) is 1. The van der Waals surface area contributed by atoms with Gasteiger partial charge in [0.15, 0.2) is 0 Å². The molecule has 0 aromatic heterocycles. The maximum atomic E-state index is 14.5. The zero-order valence-electron chi connectivity index (χ0n) is 14.7. The van der Waals surface area contributed by atoms with E-state index in [1.54, 1.807) is 11.5 Å². The molecule has 1 aromatic carbocycles. The van der Waals surface area contributed by atoms with Crippen molar-refractivity contribution in [3.05, 3.63) is 34.6 Å². The molecule has 2 fully saturated rings. The number of nitrogens with zero attached hydrogens (tertiary/aromatic N) is 2. The Balaban J connectivity index is 1.51. The first kappa shape index (κ1) is 16.9. The van der Waals surface area contributed by atoms with E-state index in [4.69, 9.17) is 5.21 Å². The lowest BCUT2D eigenvalue weighted by Gasteiger charge is -2.37. The number of fused-ring (bicyclic) bond motifs is 1. The number of nitrogens with one attached hydrogen (secondary N) is 1. The number of rotatable bonds is 2. The molecule has 2 atom stereocenters. The molecule has 3 aliphatic rings. The van der Waals surface area contributed by atoms with Crippen molar-refractivity contribution < 1.29 is 14.4 Å². The molecule has 0 bridgehead atoms. The largest absolute Gasteiger partial charge is 0.301 e. The first-order valence-electron chi connectivity index (χ1n) is 9.23. The van der Waals surface area contributed by atoms with Gasteiger partial charge in [-0.15, -0.1) is 0 Å². The molecular weight excluding hydrogens is 321 g/mol. The summed E-state index contributed by atoms with van der Waals surface area (Å²) in [4.78, 5) is 16.5. The maximum Gasteiger partial charge on any atom is 0.274 e. The molecule has 5 nitrogen and oxygen atoms in total. The Bertz CT molecular complexity index is 695. The lowest BCUT2D eigenvalue weighted by molar-refractivity contribution is 0.0705. The zero-order chi connectivity index (χ0) is 17.6. The summed E-state index contributed by atoms with van der Waals surface area (Å²) in [7, 11) is 2.24. The van der Waals surface area contributed by atoms with E-state index < -0.39 is 5.91 Å². The molecule has 0 radical (unpaired) electrons. The predicted octanol–water partition coefficient (Wildman–Crippen LogP) is 2.32. The van der Waals surface area contributed by atoms with Gasteiger partial charge in [-0.05, 0) is 69.8 Å². The van der Waals surface area contributed by atoms with Gasteiger partial charge in [0, 0.05) is 35.8 Å². The van der Waals surface area contributed by atoms with Gasteiger partial charge >= 0.3 is 0 Å². The summed E-state index contributed by atoms with van der Waals surface area (Å²) in [6.45, 7) is 2.72. The van der Waals surface area contributed by atoms with E-state index in [1.165, 1.54) is 44.7 Å². The van der Waals surface area contributed by atoms with Crippen LogP contribution in [0.2, 0.25) is 0 Å². The van der Waals surface area contributed by atoms with Crippen molar-refractivity contribution in [2.24, 2.45) is 0 Å². The van der Waals surface area contributed by atoms with E-state index in [0.717, 1.165) is 18.5 Å². The van der Waals surface area contributed by atoms with E-state index in [0.29, 0.717) is 23.7 Å². The Kier molecular flexibility index (Phi) is 4.30. The Hall–Kier alpha value is -1.50. The van der Waals surface area contributed by atoms with Gasteiger partial charge in [-0.2, -0.15) is 0 Å². The Labute approximate surface area is 147 Å². The van der Waals surface area contributed by atoms with Crippen LogP contribution in [0.3, 0.4) is 0 Å². The van der Waals surface area contributed by atoms with Gasteiger partial charge in [0.2, 0.25) is 0 Å². The number of hydrogen-bond donors (Lipinski definition) is 2. The van der Waals surface area contributed by atoms with Gasteiger partial charge in [-0.3, -0.25) is 14.9 Å². The summed E-state index contributed by atoms with van der Waals surface area (Å²) < 4.78 is 14.5. The molecule has 0 unspecified atom stereocenters. The van der Waals surface area contributed by atoms with Gasteiger partial charge < -0.3 is 4.90 Å². The summed E-state index contributed by atoms with van der Waals surface area (Å²) in [5, 5.41) is 8.76. The van der Waals surface area contributed by atoms with Crippen molar-refractivity contribution >= 4 is 5.91 Å². The minimum absolute atomic E-state index is 0.180. The molecule has 25 heavy (non-hydrogen) atoms. The fourth-order valence-electron chi connectivity index (χ4n) is 5.18. The molecular formula is C19H26FN3O2. The van der Waals surface area contributed by atoms with E-state index in [9.17, 15) is 9.18 Å². The second-order valence-corrected chi connectivity index (χ2v) is 7.90. The fraction of sp³-hybridized carbons (Fsp3) is 0.632. The van der Waals surface area contributed by atoms with Gasteiger partial charge in [0.05, 0.1) is 0 Å². The third-order valence-corrected chi connectivity index (χ3v) is 6.70. The smallest absolute Gasteiger partial charge is 0.274 e. The number of hydroxylamine groups is 1. The number of carbonyl (C=O) groups excluding carboxylic acids is 1. The minimum atomic E-state index is -0.661. The van der Waals surface area contributed by atoms with Gasteiger partial charge in [-0.1, -0.05) is 0 Å². The topological polar surface area (TPSA) is 55.8 Å². The Morgan fingerprint density at radius 1 is 1.36 bits per heavy atom. The van der Waals surface area contributed by atoms with Crippen molar-refractivity contribution in [3.63, 3.8) is 0 Å².